The van der Waals surface area contributed by atoms with Gasteiger partial charge in [-0.25, -0.2) is 4.79 Å². The zero-order valence-electron chi connectivity index (χ0n) is 8.00. The first-order valence-corrected chi connectivity index (χ1v) is 3.84. The number of hydrazine groups is 1. The van der Waals surface area contributed by atoms with Crippen LogP contribution in [0, 0.1) is 0 Å². The van der Waals surface area contributed by atoms with Crippen LogP contribution >= 0.6 is 0 Å². The molecule has 6 heteroatoms. The fourth-order valence-electron chi connectivity index (χ4n) is 0.719. The number of aliphatic carboxylic acids is 1. The lowest BCUT2D eigenvalue weighted by Crippen LogP contribution is -2.49. The van der Waals surface area contributed by atoms with E-state index in [-0.39, 0.29) is 12.5 Å². The lowest BCUT2D eigenvalue weighted by Gasteiger charge is -2.17. The van der Waals surface area contributed by atoms with Crippen molar-refractivity contribution in [2.24, 2.45) is 0 Å². The maximum atomic E-state index is 10.6. The summed E-state index contributed by atoms with van der Waals surface area (Å²) in [6, 6.07) is -0.889. The van der Waals surface area contributed by atoms with Gasteiger partial charge in [-0.2, -0.15) is 0 Å². The van der Waals surface area contributed by atoms with Gasteiger partial charge >= 0.3 is 5.97 Å². The summed E-state index contributed by atoms with van der Waals surface area (Å²) < 4.78 is 0. The van der Waals surface area contributed by atoms with Gasteiger partial charge in [-0.05, 0) is 0 Å². The normalized spacial score (nSPS) is 12.6. The minimum Gasteiger partial charge on any atom is -0.480 e. The average Bonchev–Trinajstić information content (AvgIpc) is 1.96. The Balaban J connectivity index is 3.95. The van der Waals surface area contributed by atoms with Crippen LogP contribution in [0.2, 0.25) is 0 Å². The molecule has 6 nitrogen and oxygen atoms in total. The third-order valence-electron chi connectivity index (χ3n) is 1.29. The molecule has 0 aromatic heterocycles. The van der Waals surface area contributed by atoms with Crippen molar-refractivity contribution in [2.75, 3.05) is 20.6 Å². The zero-order chi connectivity index (χ0) is 10.4. The number of amides is 1. The van der Waals surface area contributed by atoms with E-state index in [9.17, 15) is 9.59 Å². The van der Waals surface area contributed by atoms with E-state index in [1.165, 1.54) is 6.92 Å². The van der Waals surface area contributed by atoms with Gasteiger partial charge in [0.05, 0.1) is 0 Å². The minimum atomic E-state index is -1.05. The molecule has 0 radical (unpaired) electrons. The van der Waals surface area contributed by atoms with Crippen LogP contribution in [-0.4, -0.2) is 48.7 Å². The zero-order valence-corrected chi connectivity index (χ0v) is 8.00. The lowest BCUT2D eigenvalue weighted by molar-refractivity contribution is -0.141. The van der Waals surface area contributed by atoms with Crippen LogP contribution in [0.1, 0.15) is 6.92 Å². The SMILES string of the molecule is CC(=O)NC(CNN(C)C)C(=O)O. The second kappa shape index (κ2) is 5.50. The predicted octanol–water partition coefficient (Wildman–Crippen LogP) is -1.36. The maximum absolute atomic E-state index is 10.6. The van der Waals surface area contributed by atoms with Gasteiger partial charge in [-0.15, -0.1) is 0 Å². The van der Waals surface area contributed by atoms with Crippen LogP contribution in [0.4, 0.5) is 0 Å². The summed E-state index contributed by atoms with van der Waals surface area (Å²) in [5, 5.41) is 12.6. The number of carbonyl (C=O) groups excluding carboxylic acids is 1. The summed E-state index contributed by atoms with van der Waals surface area (Å²) in [7, 11) is 3.49. The number of carboxylic acid groups (broad SMARTS) is 1. The van der Waals surface area contributed by atoms with Crippen molar-refractivity contribution < 1.29 is 14.7 Å². The first-order chi connectivity index (χ1) is 5.93. The van der Waals surface area contributed by atoms with Crippen molar-refractivity contribution in [2.45, 2.75) is 13.0 Å². The minimum absolute atomic E-state index is 0.169. The van der Waals surface area contributed by atoms with Gasteiger partial charge in [0.25, 0.3) is 0 Å². The standard InChI is InChI=1S/C7H15N3O3/c1-5(11)9-6(7(12)13)4-8-10(2)3/h6,8H,4H2,1-3H3,(H,9,11)(H,12,13). The van der Waals surface area contributed by atoms with E-state index in [4.69, 9.17) is 5.11 Å². The van der Waals surface area contributed by atoms with Gasteiger partial charge in [0.15, 0.2) is 0 Å². The number of hydrogen-bond acceptors (Lipinski definition) is 4. The van der Waals surface area contributed by atoms with Crippen molar-refractivity contribution in [3.05, 3.63) is 0 Å². The molecule has 0 heterocycles. The molecule has 0 aliphatic rings. The van der Waals surface area contributed by atoms with Crippen molar-refractivity contribution in [1.29, 1.82) is 0 Å². The molecule has 1 atom stereocenters. The lowest BCUT2D eigenvalue weighted by atomic mass is 10.3. The third kappa shape index (κ3) is 6.06. The van der Waals surface area contributed by atoms with Gasteiger partial charge < -0.3 is 10.4 Å². The Morgan fingerprint density at radius 2 is 2.00 bits per heavy atom. The van der Waals surface area contributed by atoms with Crippen LogP contribution in [0.25, 0.3) is 0 Å². The maximum Gasteiger partial charge on any atom is 0.327 e. The molecule has 13 heavy (non-hydrogen) atoms. The van der Waals surface area contributed by atoms with Crippen LogP contribution in [-0.2, 0) is 9.59 Å². The second-order valence-corrected chi connectivity index (χ2v) is 2.85. The molecule has 1 unspecified atom stereocenters. The highest BCUT2D eigenvalue weighted by molar-refractivity contribution is 5.82. The molecule has 3 N–H and O–H groups in total. The van der Waals surface area contributed by atoms with Crippen LogP contribution in [0.3, 0.4) is 0 Å². The number of carboxylic acids is 1. The highest BCUT2D eigenvalue weighted by Gasteiger charge is 2.17. The molecular formula is C7H15N3O3. The molecule has 0 aromatic carbocycles. The Bertz CT molecular complexity index is 193. The van der Waals surface area contributed by atoms with E-state index < -0.39 is 12.0 Å². The predicted molar refractivity (Wildman–Crippen MR) is 46.9 cm³/mol. The quantitative estimate of drug-likeness (QED) is 0.465. The largest absolute Gasteiger partial charge is 0.480 e. The second-order valence-electron chi connectivity index (χ2n) is 2.85. The Labute approximate surface area is 76.9 Å². The number of nitrogens with one attached hydrogen (secondary N) is 2. The van der Waals surface area contributed by atoms with Gasteiger partial charge in [0.2, 0.25) is 5.91 Å². The average molecular weight is 189 g/mol. The highest BCUT2D eigenvalue weighted by Crippen LogP contribution is 1.82. The number of rotatable bonds is 5. The van der Waals surface area contributed by atoms with Crippen molar-refractivity contribution in [3.8, 4) is 0 Å². The molecule has 0 rings (SSSR count). The van der Waals surface area contributed by atoms with E-state index in [1.54, 1.807) is 19.1 Å². The summed E-state index contributed by atoms with van der Waals surface area (Å²) in [6.07, 6.45) is 0. The molecule has 0 aromatic rings. The Kier molecular flexibility index (Phi) is 5.01. The molecule has 0 bridgehead atoms. The molecule has 0 fully saturated rings. The highest BCUT2D eigenvalue weighted by atomic mass is 16.4. The molecule has 1 amide bonds. The Morgan fingerprint density at radius 3 is 2.31 bits per heavy atom. The molecule has 76 valence electrons. The van der Waals surface area contributed by atoms with E-state index in [0.29, 0.717) is 0 Å². The third-order valence-corrected chi connectivity index (χ3v) is 1.29. The first-order valence-electron chi connectivity index (χ1n) is 3.84. The summed E-state index contributed by atoms with van der Waals surface area (Å²) in [4.78, 5) is 21.2. The summed E-state index contributed by atoms with van der Waals surface area (Å²) in [5.74, 6) is -1.41. The molecular weight excluding hydrogens is 174 g/mol. The topological polar surface area (TPSA) is 81.7 Å². The van der Waals surface area contributed by atoms with Gasteiger partial charge in [0, 0.05) is 27.6 Å². The monoisotopic (exact) mass is 189 g/mol. The van der Waals surface area contributed by atoms with E-state index in [1.807, 2.05) is 0 Å². The molecule has 0 aliphatic heterocycles. The molecule has 0 spiro atoms. The number of carbonyl (C=O) groups is 2. The molecule has 0 saturated heterocycles. The van der Waals surface area contributed by atoms with E-state index >= 15 is 0 Å². The van der Waals surface area contributed by atoms with E-state index in [2.05, 4.69) is 10.7 Å². The van der Waals surface area contributed by atoms with Crippen molar-refractivity contribution in [1.82, 2.24) is 15.8 Å². The fourth-order valence-corrected chi connectivity index (χ4v) is 0.719. The Hall–Kier alpha value is -1.14. The van der Waals surface area contributed by atoms with Crippen LogP contribution in [0.5, 0.6) is 0 Å². The molecule has 0 aliphatic carbocycles. The van der Waals surface area contributed by atoms with Crippen LogP contribution in [0.15, 0.2) is 0 Å². The van der Waals surface area contributed by atoms with Gasteiger partial charge in [-0.1, -0.05) is 0 Å². The van der Waals surface area contributed by atoms with Crippen LogP contribution < -0.4 is 10.7 Å². The van der Waals surface area contributed by atoms with Gasteiger partial charge in [-0.3, -0.25) is 15.2 Å². The summed E-state index contributed by atoms with van der Waals surface area (Å²) >= 11 is 0. The number of nitrogens with zero attached hydrogens (tertiary/aromatic N) is 1. The Morgan fingerprint density at radius 1 is 1.46 bits per heavy atom. The summed E-state index contributed by atoms with van der Waals surface area (Å²) in [5.41, 5.74) is 2.77. The smallest absolute Gasteiger partial charge is 0.327 e. The fraction of sp³-hybridized carbons (Fsp3) is 0.714. The van der Waals surface area contributed by atoms with Gasteiger partial charge in [0.1, 0.15) is 6.04 Å². The molecule has 0 saturated carbocycles. The van der Waals surface area contributed by atoms with Crippen molar-refractivity contribution in [3.63, 3.8) is 0 Å². The van der Waals surface area contributed by atoms with Crippen molar-refractivity contribution >= 4 is 11.9 Å². The first kappa shape index (κ1) is 11.9. The van der Waals surface area contributed by atoms with E-state index in [0.717, 1.165) is 0 Å². The number of hydrogen-bond donors (Lipinski definition) is 3. The summed E-state index contributed by atoms with van der Waals surface area (Å²) in [6.45, 7) is 1.45.